The molecule has 9 heteroatoms. The summed E-state index contributed by atoms with van der Waals surface area (Å²) in [5, 5.41) is 11.1. The molecule has 7 nitrogen and oxygen atoms in total. The van der Waals surface area contributed by atoms with Gasteiger partial charge in [0.05, 0.1) is 9.95 Å². The molecule has 2 aromatic carbocycles. The first-order chi connectivity index (χ1) is 12.9. The standard InChI is InChI=1S/C18H15ClFN3O4/c19-14-10-12(7-8-15(14)20)22(11-21-9-3-6-17(21)24)18(25)13-4-1-2-5-16(13)23(26)27/h1-2,4-5,7-8,10H,3,6,9,11H2. The van der Waals surface area contributed by atoms with Crippen LogP contribution in [0.2, 0.25) is 5.02 Å². The van der Waals surface area contributed by atoms with Crippen molar-refractivity contribution in [3.05, 3.63) is 69.0 Å². The van der Waals surface area contributed by atoms with Crippen molar-refractivity contribution in [3.63, 3.8) is 0 Å². The van der Waals surface area contributed by atoms with Crippen LogP contribution >= 0.6 is 11.6 Å². The van der Waals surface area contributed by atoms with Crippen LogP contribution in [0.25, 0.3) is 0 Å². The maximum absolute atomic E-state index is 13.5. The fourth-order valence-corrected chi connectivity index (χ4v) is 3.07. The molecule has 1 heterocycles. The van der Waals surface area contributed by atoms with Crippen LogP contribution in [0.3, 0.4) is 0 Å². The zero-order valence-corrected chi connectivity index (χ0v) is 14.9. The minimum atomic E-state index is -0.676. The minimum absolute atomic E-state index is 0.105. The number of likely N-dealkylation sites (tertiary alicyclic amines) is 1. The number of anilines is 1. The molecule has 1 saturated heterocycles. The largest absolute Gasteiger partial charge is 0.324 e. The van der Waals surface area contributed by atoms with Crippen molar-refractivity contribution in [1.29, 1.82) is 0 Å². The molecule has 0 atom stereocenters. The summed E-state index contributed by atoms with van der Waals surface area (Å²) < 4.78 is 13.5. The van der Waals surface area contributed by atoms with E-state index in [1.807, 2.05) is 0 Å². The first kappa shape index (κ1) is 18.8. The summed E-state index contributed by atoms with van der Waals surface area (Å²) in [7, 11) is 0. The maximum atomic E-state index is 13.5. The molecule has 0 unspecified atom stereocenters. The lowest BCUT2D eigenvalue weighted by atomic mass is 10.1. The molecule has 0 bridgehead atoms. The predicted octanol–water partition coefficient (Wildman–Crippen LogP) is 3.61. The predicted molar refractivity (Wildman–Crippen MR) is 97.1 cm³/mol. The Labute approximate surface area is 159 Å². The van der Waals surface area contributed by atoms with Crippen molar-refractivity contribution in [2.75, 3.05) is 18.1 Å². The molecule has 1 aliphatic heterocycles. The number of rotatable bonds is 5. The molecule has 0 saturated carbocycles. The Morgan fingerprint density at radius 2 is 2.04 bits per heavy atom. The second kappa shape index (κ2) is 7.71. The van der Waals surface area contributed by atoms with Crippen LogP contribution in [-0.4, -0.2) is 34.9 Å². The number of carbonyl (C=O) groups excluding carboxylic acids is 2. The van der Waals surface area contributed by atoms with Crippen molar-refractivity contribution in [3.8, 4) is 0 Å². The Kier molecular flexibility index (Phi) is 5.36. The monoisotopic (exact) mass is 391 g/mol. The van der Waals surface area contributed by atoms with E-state index in [1.54, 1.807) is 0 Å². The number of nitrogens with zero attached hydrogens (tertiary/aromatic N) is 3. The number of nitro benzene ring substituents is 1. The van der Waals surface area contributed by atoms with Crippen molar-refractivity contribution in [2.24, 2.45) is 0 Å². The summed E-state index contributed by atoms with van der Waals surface area (Å²) >= 11 is 5.83. The average molecular weight is 392 g/mol. The van der Waals surface area contributed by atoms with Gasteiger partial charge in [-0.3, -0.25) is 24.6 Å². The SMILES string of the molecule is O=C1CCCN1CN(C(=O)c1ccccc1[N+](=O)[O-])c1ccc(F)c(Cl)c1. The molecule has 0 aromatic heterocycles. The van der Waals surface area contributed by atoms with E-state index in [-0.39, 0.29) is 34.5 Å². The van der Waals surface area contributed by atoms with Crippen molar-refractivity contribution in [2.45, 2.75) is 12.8 Å². The normalized spacial score (nSPS) is 13.7. The summed E-state index contributed by atoms with van der Waals surface area (Å²) in [6.07, 6.45) is 1.04. The summed E-state index contributed by atoms with van der Waals surface area (Å²) in [6, 6.07) is 9.23. The lowest BCUT2D eigenvalue weighted by molar-refractivity contribution is -0.385. The van der Waals surface area contributed by atoms with Crippen molar-refractivity contribution >= 4 is 34.8 Å². The lowest BCUT2D eigenvalue weighted by Crippen LogP contribution is -2.42. The number of nitro groups is 1. The molecule has 27 heavy (non-hydrogen) atoms. The zero-order chi connectivity index (χ0) is 19.6. The lowest BCUT2D eigenvalue weighted by Gasteiger charge is -2.28. The van der Waals surface area contributed by atoms with Gasteiger partial charge in [-0.05, 0) is 30.7 Å². The number of halogens is 2. The molecule has 2 amide bonds. The van der Waals surface area contributed by atoms with Crippen molar-refractivity contribution < 1.29 is 18.9 Å². The highest BCUT2D eigenvalue weighted by Crippen LogP contribution is 2.27. The first-order valence-electron chi connectivity index (χ1n) is 8.16. The smallest absolute Gasteiger partial charge is 0.282 e. The molecule has 3 rings (SSSR count). The van der Waals surface area contributed by atoms with Crippen LogP contribution in [0.4, 0.5) is 15.8 Å². The van der Waals surface area contributed by atoms with Gasteiger partial charge < -0.3 is 4.90 Å². The molecule has 0 aliphatic carbocycles. The second-order valence-corrected chi connectivity index (χ2v) is 6.42. The number of hydrogen-bond acceptors (Lipinski definition) is 4. The van der Waals surface area contributed by atoms with Gasteiger partial charge in [-0.2, -0.15) is 0 Å². The zero-order valence-electron chi connectivity index (χ0n) is 14.1. The third-order valence-electron chi connectivity index (χ3n) is 4.27. The fourth-order valence-electron chi connectivity index (χ4n) is 2.90. The van der Waals surface area contributed by atoms with Crippen LogP contribution in [0.1, 0.15) is 23.2 Å². The van der Waals surface area contributed by atoms with E-state index in [4.69, 9.17) is 11.6 Å². The van der Waals surface area contributed by atoms with Gasteiger partial charge in [-0.1, -0.05) is 23.7 Å². The van der Waals surface area contributed by atoms with Gasteiger partial charge in [0, 0.05) is 24.7 Å². The number of carbonyl (C=O) groups is 2. The minimum Gasteiger partial charge on any atom is -0.324 e. The van der Waals surface area contributed by atoms with Crippen LogP contribution in [0.15, 0.2) is 42.5 Å². The highest BCUT2D eigenvalue weighted by Gasteiger charge is 2.30. The fraction of sp³-hybridized carbons (Fsp3) is 0.222. The number of hydrogen-bond donors (Lipinski definition) is 0. The van der Waals surface area contributed by atoms with E-state index >= 15 is 0 Å². The Bertz CT molecular complexity index is 921. The van der Waals surface area contributed by atoms with Crippen LogP contribution in [-0.2, 0) is 4.79 Å². The van der Waals surface area contributed by atoms with Crippen LogP contribution in [0.5, 0.6) is 0 Å². The summed E-state index contributed by atoms with van der Waals surface area (Å²) in [5.41, 5.74) is -0.243. The highest BCUT2D eigenvalue weighted by molar-refractivity contribution is 6.31. The number of para-hydroxylation sites is 1. The topological polar surface area (TPSA) is 83.8 Å². The molecule has 1 fully saturated rings. The Balaban J connectivity index is 2.03. The van der Waals surface area contributed by atoms with E-state index < -0.39 is 16.6 Å². The third kappa shape index (κ3) is 3.90. The molecule has 0 radical (unpaired) electrons. The van der Waals surface area contributed by atoms with E-state index in [9.17, 15) is 24.1 Å². The average Bonchev–Trinajstić information content (AvgIpc) is 3.06. The Hall–Kier alpha value is -3.00. The number of benzene rings is 2. The molecule has 0 spiro atoms. The Morgan fingerprint density at radius 3 is 2.67 bits per heavy atom. The molecule has 2 aromatic rings. The maximum Gasteiger partial charge on any atom is 0.282 e. The van der Waals surface area contributed by atoms with E-state index in [1.165, 1.54) is 46.2 Å². The van der Waals surface area contributed by atoms with Gasteiger partial charge >= 0.3 is 0 Å². The van der Waals surface area contributed by atoms with Crippen molar-refractivity contribution in [1.82, 2.24) is 4.90 Å². The van der Waals surface area contributed by atoms with E-state index in [2.05, 4.69) is 0 Å². The van der Waals surface area contributed by atoms with Crippen LogP contribution < -0.4 is 4.90 Å². The van der Waals surface area contributed by atoms with Gasteiger partial charge in [0.15, 0.2) is 0 Å². The van der Waals surface area contributed by atoms with E-state index in [0.717, 1.165) is 6.07 Å². The summed E-state index contributed by atoms with van der Waals surface area (Å²) in [4.78, 5) is 38.4. The van der Waals surface area contributed by atoms with Gasteiger partial charge in [0.25, 0.3) is 11.6 Å². The molecular formula is C18H15ClFN3O4. The van der Waals surface area contributed by atoms with Gasteiger partial charge in [0.2, 0.25) is 5.91 Å². The van der Waals surface area contributed by atoms with Gasteiger partial charge in [0.1, 0.15) is 18.0 Å². The molecule has 1 aliphatic rings. The summed E-state index contributed by atoms with van der Waals surface area (Å²) in [6.45, 7) is 0.361. The molecular weight excluding hydrogens is 377 g/mol. The Morgan fingerprint density at radius 1 is 1.30 bits per heavy atom. The highest BCUT2D eigenvalue weighted by atomic mass is 35.5. The van der Waals surface area contributed by atoms with Gasteiger partial charge in [-0.25, -0.2) is 4.39 Å². The summed E-state index contributed by atoms with van der Waals surface area (Å²) in [5.74, 6) is -1.45. The number of amides is 2. The van der Waals surface area contributed by atoms with Gasteiger partial charge in [-0.15, -0.1) is 0 Å². The molecule has 0 N–H and O–H groups in total. The third-order valence-corrected chi connectivity index (χ3v) is 4.56. The first-order valence-corrected chi connectivity index (χ1v) is 8.54. The quantitative estimate of drug-likeness (QED) is 0.575. The van der Waals surface area contributed by atoms with Crippen LogP contribution in [0, 0.1) is 15.9 Å². The molecule has 140 valence electrons. The van der Waals surface area contributed by atoms with E-state index in [0.29, 0.717) is 19.4 Å². The second-order valence-electron chi connectivity index (χ2n) is 6.01.